The van der Waals surface area contributed by atoms with Gasteiger partial charge in [0.15, 0.2) is 6.10 Å². The van der Waals surface area contributed by atoms with E-state index in [0.29, 0.717) is 24.4 Å². The van der Waals surface area contributed by atoms with Crippen molar-refractivity contribution in [3.05, 3.63) is 71.8 Å². The van der Waals surface area contributed by atoms with Crippen LogP contribution in [0.1, 0.15) is 42.1 Å². The van der Waals surface area contributed by atoms with Crippen LogP contribution in [0.4, 0.5) is 0 Å². The molecule has 0 radical (unpaired) electrons. The summed E-state index contributed by atoms with van der Waals surface area (Å²) in [7, 11) is -3.68. The lowest BCUT2D eigenvalue weighted by Crippen LogP contribution is -2.47. The average molecular weight is 496 g/mol. The molecule has 0 bridgehead atoms. The van der Waals surface area contributed by atoms with Gasteiger partial charge in [-0.15, -0.1) is 0 Å². The minimum atomic E-state index is -3.68. The fourth-order valence-electron chi connectivity index (χ4n) is 4.05. The van der Waals surface area contributed by atoms with Crippen molar-refractivity contribution in [2.24, 2.45) is 0 Å². The fraction of sp³-hybridized carbons (Fsp3) is 0.308. The van der Waals surface area contributed by atoms with Gasteiger partial charge < -0.3 is 4.74 Å². The molecule has 1 fully saturated rings. The first kappa shape index (κ1) is 24.7. The van der Waals surface area contributed by atoms with Crippen LogP contribution in [0.15, 0.2) is 65.6 Å². The molecule has 3 aromatic carbocycles. The number of amides is 2. The first-order valence-corrected chi connectivity index (χ1v) is 13.1. The Bertz CT molecular complexity index is 1350. The van der Waals surface area contributed by atoms with Crippen molar-refractivity contribution in [1.82, 2.24) is 15.2 Å². The molecule has 0 aliphatic carbocycles. The maximum Gasteiger partial charge on any atom is 0.279 e. The third kappa shape index (κ3) is 5.63. The molecule has 184 valence electrons. The van der Waals surface area contributed by atoms with Crippen LogP contribution in [-0.2, 0) is 14.8 Å². The van der Waals surface area contributed by atoms with Gasteiger partial charge in [0.2, 0.25) is 10.0 Å². The second kappa shape index (κ2) is 10.5. The lowest BCUT2D eigenvalue weighted by atomic mass is 10.1. The Morgan fingerprint density at radius 2 is 1.63 bits per heavy atom. The summed E-state index contributed by atoms with van der Waals surface area (Å²) in [6.07, 6.45) is 1.78. The van der Waals surface area contributed by atoms with Crippen LogP contribution in [0.25, 0.3) is 10.8 Å². The van der Waals surface area contributed by atoms with Gasteiger partial charge in [-0.1, -0.05) is 42.8 Å². The van der Waals surface area contributed by atoms with E-state index in [9.17, 15) is 18.0 Å². The van der Waals surface area contributed by atoms with Gasteiger partial charge in [0.05, 0.1) is 4.90 Å². The smallest absolute Gasteiger partial charge is 0.279 e. The van der Waals surface area contributed by atoms with Crippen molar-refractivity contribution in [3.63, 3.8) is 0 Å². The molecule has 1 aliphatic rings. The Kier molecular flexibility index (Phi) is 7.37. The zero-order valence-electron chi connectivity index (χ0n) is 19.8. The molecule has 4 rings (SSSR count). The predicted octanol–water partition coefficient (Wildman–Crippen LogP) is 3.55. The number of carbonyl (C=O) groups excluding carboxylic acids is 2. The highest BCUT2D eigenvalue weighted by atomic mass is 32.2. The number of sulfonamides is 1. The summed E-state index contributed by atoms with van der Waals surface area (Å²) < 4.78 is 33.2. The molecule has 1 heterocycles. The second-order valence-electron chi connectivity index (χ2n) is 8.65. The van der Waals surface area contributed by atoms with E-state index >= 15 is 0 Å². The number of benzene rings is 3. The first-order chi connectivity index (χ1) is 16.8. The number of nitrogens with zero attached hydrogens (tertiary/aromatic N) is 1. The van der Waals surface area contributed by atoms with Crippen molar-refractivity contribution < 1.29 is 22.7 Å². The molecule has 0 aromatic heterocycles. The number of aryl methyl sites for hydroxylation is 1. The molecule has 1 aliphatic heterocycles. The normalized spacial score (nSPS) is 15.4. The zero-order valence-corrected chi connectivity index (χ0v) is 20.6. The van der Waals surface area contributed by atoms with Crippen molar-refractivity contribution in [2.75, 3.05) is 13.1 Å². The van der Waals surface area contributed by atoms with Gasteiger partial charge >= 0.3 is 0 Å². The fourth-order valence-corrected chi connectivity index (χ4v) is 5.59. The molecule has 9 heteroatoms. The molecule has 2 N–H and O–H groups in total. The maximum atomic E-state index is 13.0. The van der Waals surface area contributed by atoms with Gasteiger partial charge in [0, 0.05) is 18.7 Å². The zero-order chi connectivity index (χ0) is 25.0. The van der Waals surface area contributed by atoms with E-state index < -0.39 is 27.9 Å². The summed E-state index contributed by atoms with van der Waals surface area (Å²) in [4.78, 5) is 25.4. The lowest BCUT2D eigenvalue weighted by molar-refractivity contribution is -0.128. The van der Waals surface area contributed by atoms with E-state index in [0.717, 1.165) is 30.0 Å². The SMILES string of the molecule is Cc1ccc(S(=O)(=O)N2CCCCC2)cc1C(=O)NNC(=O)C(C)Oc1ccc2ccccc2c1. The number of piperidine rings is 1. The number of ether oxygens (including phenoxy) is 1. The van der Waals surface area contributed by atoms with Gasteiger partial charge in [-0.2, -0.15) is 4.31 Å². The number of fused-ring (bicyclic) bond motifs is 1. The highest BCUT2D eigenvalue weighted by Crippen LogP contribution is 2.23. The Hall–Kier alpha value is -3.43. The van der Waals surface area contributed by atoms with E-state index in [-0.39, 0.29) is 10.5 Å². The van der Waals surface area contributed by atoms with E-state index in [2.05, 4.69) is 10.9 Å². The molecule has 0 saturated carbocycles. The highest BCUT2D eigenvalue weighted by Gasteiger charge is 2.27. The monoisotopic (exact) mass is 495 g/mol. The van der Waals surface area contributed by atoms with Gasteiger partial charge in [-0.25, -0.2) is 8.42 Å². The van der Waals surface area contributed by atoms with Gasteiger partial charge in [-0.3, -0.25) is 20.4 Å². The van der Waals surface area contributed by atoms with Crippen LogP contribution in [0.5, 0.6) is 5.75 Å². The summed E-state index contributed by atoms with van der Waals surface area (Å²) in [6, 6.07) is 17.8. The van der Waals surface area contributed by atoms with Crippen LogP contribution >= 0.6 is 0 Å². The molecular formula is C26H29N3O5S. The molecule has 0 spiro atoms. The van der Waals surface area contributed by atoms with Crippen LogP contribution in [0.3, 0.4) is 0 Å². The van der Waals surface area contributed by atoms with Gasteiger partial charge in [-0.05, 0) is 67.3 Å². The minimum Gasteiger partial charge on any atom is -0.481 e. The third-order valence-electron chi connectivity index (χ3n) is 6.11. The summed E-state index contributed by atoms with van der Waals surface area (Å²) in [5.41, 5.74) is 5.50. The van der Waals surface area contributed by atoms with E-state index in [1.165, 1.54) is 16.4 Å². The first-order valence-electron chi connectivity index (χ1n) is 11.6. The van der Waals surface area contributed by atoms with Gasteiger partial charge in [0.25, 0.3) is 11.8 Å². The number of rotatable bonds is 6. The molecule has 35 heavy (non-hydrogen) atoms. The molecule has 1 unspecified atom stereocenters. The van der Waals surface area contributed by atoms with Gasteiger partial charge in [0.1, 0.15) is 5.75 Å². The summed E-state index contributed by atoms with van der Waals surface area (Å²) >= 11 is 0. The largest absolute Gasteiger partial charge is 0.481 e. The standard InChI is InChI=1S/C26H29N3O5S/c1-18-10-13-23(35(32,33)29-14-6-3-7-15-29)17-24(18)26(31)28-27-25(30)19(2)34-22-12-11-20-8-4-5-9-21(20)16-22/h4-5,8-13,16-17,19H,3,6-7,14-15H2,1-2H3,(H,27,30)(H,28,31). The quantitative estimate of drug-likeness (QED) is 0.509. The highest BCUT2D eigenvalue weighted by molar-refractivity contribution is 7.89. The maximum absolute atomic E-state index is 13.0. The van der Waals surface area contributed by atoms with E-state index in [4.69, 9.17) is 4.74 Å². The molecule has 3 aromatic rings. The minimum absolute atomic E-state index is 0.0643. The predicted molar refractivity (Wildman–Crippen MR) is 133 cm³/mol. The summed E-state index contributed by atoms with van der Waals surface area (Å²) in [6.45, 7) is 4.24. The summed E-state index contributed by atoms with van der Waals surface area (Å²) in [5, 5.41) is 2.05. The number of hydrogen-bond donors (Lipinski definition) is 2. The number of carbonyl (C=O) groups is 2. The Balaban J connectivity index is 1.39. The van der Waals surface area contributed by atoms with E-state index in [1.54, 1.807) is 26.0 Å². The molecule has 1 saturated heterocycles. The number of hydrogen-bond acceptors (Lipinski definition) is 5. The molecular weight excluding hydrogens is 466 g/mol. The molecule has 8 nitrogen and oxygen atoms in total. The van der Waals surface area contributed by atoms with Crippen molar-refractivity contribution in [3.8, 4) is 5.75 Å². The van der Waals surface area contributed by atoms with Crippen LogP contribution in [0.2, 0.25) is 0 Å². The average Bonchev–Trinajstić information content (AvgIpc) is 2.87. The van der Waals surface area contributed by atoms with Crippen LogP contribution in [-0.4, -0.2) is 43.7 Å². The molecule has 1 atom stereocenters. The van der Waals surface area contributed by atoms with Crippen LogP contribution in [0, 0.1) is 6.92 Å². The molecule has 2 amide bonds. The van der Waals surface area contributed by atoms with Crippen molar-refractivity contribution in [2.45, 2.75) is 44.1 Å². The van der Waals surface area contributed by atoms with Crippen molar-refractivity contribution >= 4 is 32.6 Å². The van der Waals surface area contributed by atoms with Crippen LogP contribution < -0.4 is 15.6 Å². The van der Waals surface area contributed by atoms with E-state index in [1.807, 2.05) is 36.4 Å². The summed E-state index contributed by atoms with van der Waals surface area (Å²) in [5.74, 6) is -0.616. The Morgan fingerprint density at radius 3 is 2.37 bits per heavy atom. The van der Waals surface area contributed by atoms with Crippen molar-refractivity contribution in [1.29, 1.82) is 0 Å². The Labute approximate surface area is 205 Å². The number of hydrazine groups is 1. The third-order valence-corrected chi connectivity index (χ3v) is 8.00. The second-order valence-corrected chi connectivity index (χ2v) is 10.6. The lowest BCUT2D eigenvalue weighted by Gasteiger charge is -2.26. The topological polar surface area (TPSA) is 105 Å². The Morgan fingerprint density at radius 1 is 0.914 bits per heavy atom. The number of nitrogens with one attached hydrogen (secondary N) is 2.